The van der Waals surface area contributed by atoms with Crippen molar-refractivity contribution in [3.05, 3.63) is 41.3 Å². The van der Waals surface area contributed by atoms with Gasteiger partial charge in [0.2, 0.25) is 5.91 Å². The lowest BCUT2D eigenvalue weighted by Gasteiger charge is -2.09. The molecule has 0 bridgehead atoms. The molecular formula is C13H12FN3O2S. The van der Waals surface area contributed by atoms with Gasteiger partial charge in [-0.3, -0.25) is 9.00 Å². The Morgan fingerprint density at radius 2 is 2.05 bits per heavy atom. The molecule has 20 heavy (non-hydrogen) atoms. The normalized spacial score (nSPS) is 17.0. The smallest absolute Gasteiger partial charge is 0.222 e. The summed E-state index contributed by atoms with van der Waals surface area (Å²) in [5.41, 5.74) is 2.16. The van der Waals surface area contributed by atoms with Gasteiger partial charge in [0, 0.05) is 23.3 Å². The minimum atomic E-state index is -0.969. The number of aromatic nitrogens is 2. The fourth-order valence-electron chi connectivity index (χ4n) is 2.19. The topological polar surface area (TPSA) is 64.0 Å². The van der Waals surface area contributed by atoms with E-state index >= 15 is 0 Å². The monoisotopic (exact) mass is 293 g/mol. The summed E-state index contributed by atoms with van der Waals surface area (Å²) in [4.78, 5) is 11.3. The van der Waals surface area contributed by atoms with Gasteiger partial charge in [-0.15, -0.1) is 0 Å². The Balaban J connectivity index is 2.11. The van der Waals surface area contributed by atoms with Crippen LogP contribution in [-0.4, -0.2) is 19.9 Å². The van der Waals surface area contributed by atoms with Crippen molar-refractivity contribution >= 4 is 22.5 Å². The molecule has 1 aromatic heterocycles. The average Bonchev–Trinajstić information content (AvgIpc) is 2.88. The van der Waals surface area contributed by atoms with E-state index in [0.29, 0.717) is 23.0 Å². The molecule has 1 aliphatic rings. The van der Waals surface area contributed by atoms with Crippen molar-refractivity contribution in [2.45, 2.75) is 18.4 Å². The zero-order valence-electron chi connectivity index (χ0n) is 10.7. The summed E-state index contributed by atoms with van der Waals surface area (Å²) >= 11 is 0. The molecule has 0 aliphatic carbocycles. The van der Waals surface area contributed by atoms with Gasteiger partial charge in [0.1, 0.15) is 11.6 Å². The maximum Gasteiger partial charge on any atom is 0.222 e. The molecule has 0 saturated heterocycles. The predicted molar refractivity (Wildman–Crippen MR) is 73.4 cm³/mol. The molecule has 2 aromatic rings. The first-order valence-electron chi connectivity index (χ1n) is 6.04. The molecule has 1 N–H and O–H groups in total. The molecule has 0 fully saturated rings. The number of carbonyl (C=O) groups is 1. The maximum atomic E-state index is 13.0. The Morgan fingerprint density at radius 1 is 1.35 bits per heavy atom. The van der Waals surface area contributed by atoms with Crippen LogP contribution in [0.25, 0.3) is 5.69 Å². The van der Waals surface area contributed by atoms with Gasteiger partial charge in [-0.25, -0.2) is 9.07 Å². The largest absolute Gasteiger partial charge is 0.311 e. The Morgan fingerprint density at radius 3 is 2.70 bits per heavy atom. The number of nitrogens with one attached hydrogen (secondary N) is 1. The number of hydrogen-bond donors (Lipinski definition) is 1. The quantitative estimate of drug-likeness (QED) is 0.917. The number of rotatable bonds is 2. The highest BCUT2D eigenvalue weighted by atomic mass is 32.2. The summed E-state index contributed by atoms with van der Waals surface area (Å²) in [6, 6.07) is 5.83. The van der Waals surface area contributed by atoms with E-state index in [-0.39, 0.29) is 11.7 Å². The second-order valence-electron chi connectivity index (χ2n) is 4.57. The number of amides is 1. The fraction of sp³-hybridized carbons (Fsp3) is 0.231. The van der Waals surface area contributed by atoms with E-state index in [4.69, 9.17) is 0 Å². The standard InChI is InChI=1S/C13H12FN3O2S/c1-8(18)15-13-11-6-20(19)7-12(11)16-17(13)10-4-2-9(14)3-5-10/h2-5H,6-7H2,1H3,(H,15,18)/t20-/m1/s1. The van der Waals surface area contributed by atoms with Gasteiger partial charge in [0.25, 0.3) is 0 Å². The molecule has 0 saturated carbocycles. The van der Waals surface area contributed by atoms with Crippen LogP contribution in [0.1, 0.15) is 18.2 Å². The Labute approximate surface area is 117 Å². The number of anilines is 1. The van der Waals surface area contributed by atoms with E-state index < -0.39 is 10.8 Å². The van der Waals surface area contributed by atoms with Gasteiger partial charge in [-0.1, -0.05) is 0 Å². The lowest BCUT2D eigenvalue weighted by atomic mass is 10.2. The lowest BCUT2D eigenvalue weighted by molar-refractivity contribution is -0.114. The second-order valence-corrected chi connectivity index (χ2v) is 6.03. The minimum Gasteiger partial charge on any atom is -0.311 e. The first kappa shape index (κ1) is 13.0. The molecule has 0 radical (unpaired) electrons. The van der Waals surface area contributed by atoms with Crippen molar-refractivity contribution in [1.82, 2.24) is 9.78 Å². The number of nitrogens with zero attached hydrogens (tertiary/aromatic N) is 2. The molecule has 1 aliphatic heterocycles. The van der Waals surface area contributed by atoms with Crippen LogP contribution in [0, 0.1) is 5.82 Å². The molecule has 2 heterocycles. The molecule has 1 atom stereocenters. The van der Waals surface area contributed by atoms with Crippen LogP contribution in [-0.2, 0) is 27.1 Å². The van der Waals surface area contributed by atoms with E-state index in [1.165, 1.54) is 19.1 Å². The highest BCUT2D eigenvalue weighted by Gasteiger charge is 2.27. The molecule has 1 amide bonds. The molecular weight excluding hydrogens is 281 g/mol. The van der Waals surface area contributed by atoms with E-state index in [1.54, 1.807) is 16.8 Å². The Kier molecular flexibility index (Phi) is 3.13. The molecule has 7 heteroatoms. The van der Waals surface area contributed by atoms with Crippen molar-refractivity contribution in [3.63, 3.8) is 0 Å². The SMILES string of the molecule is CC(=O)Nc1c2c(nn1-c1ccc(F)cc1)C[S@](=O)C2. The molecule has 5 nitrogen and oxygen atoms in total. The van der Waals surface area contributed by atoms with Gasteiger partial charge in [0.15, 0.2) is 0 Å². The van der Waals surface area contributed by atoms with Crippen molar-refractivity contribution in [2.75, 3.05) is 5.32 Å². The maximum absolute atomic E-state index is 13.0. The van der Waals surface area contributed by atoms with Crippen molar-refractivity contribution in [2.24, 2.45) is 0 Å². The van der Waals surface area contributed by atoms with Crippen LogP contribution in [0.4, 0.5) is 10.2 Å². The summed E-state index contributed by atoms with van der Waals surface area (Å²) in [5.74, 6) is 0.719. The lowest BCUT2D eigenvalue weighted by Crippen LogP contribution is -2.13. The van der Waals surface area contributed by atoms with E-state index in [1.807, 2.05) is 0 Å². The van der Waals surface area contributed by atoms with Gasteiger partial charge in [-0.2, -0.15) is 5.10 Å². The van der Waals surface area contributed by atoms with Crippen LogP contribution in [0.2, 0.25) is 0 Å². The average molecular weight is 293 g/mol. The number of halogens is 1. The summed E-state index contributed by atoms with van der Waals surface area (Å²) in [7, 11) is -0.969. The van der Waals surface area contributed by atoms with Crippen LogP contribution in [0.15, 0.2) is 24.3 Å². The highest BCUT2D eigenvalue weighted by molar-refractivity contribution is 7.83. The number of carbonyl (C=O) groups excluding carboxylic acids is 1. The molecule has 3 rings (SSSR count). The van der Waals surface area contributed by atoms with Crippen LogP contribution in [0.5, 0.6) is 0 Å². The number of benzene rings is 1. The first-order chi connectivity index (χ1) is 9.54. The van der Waals surface area contributed by atoms with E-state index in [2.05, 4.69) is 10.4 Å². The van der Waals surface area contributed by atoms with E-state index in [0.717, 1.165) is 11.3 Å². The zero-order chi connectivity index (χ0) is 14.3. The molecule has 104 valence electrons. The minimum absolute atomic E-state index is 0.228. The second kappa shape index (κ2) is 4.82. The summed E-state index contributed by atoms with van der Waals surface area (Å²) in [6.45, 7) is 1.40. The fourth-order valence-corrected chi connectivity index (χ4v) is 3.46. The molecule has 0 spiro atoms. The van der Waals surface area contributed by atoms with Crippen LogP contribution < -0.4 is 5.32 Å². The summed E-state index contributed by atoms with van der Waals surface area (Å²) < 4.78 is 26.1. The van der Waals surface area contributed by atoms with Crippen LogP contribution in [0.3, 0.4) is 0 Å². The van der Waals surface area contributed by atoms with Gasteiger partial charge >= 0.3 is 0 Å². The van der Waals surface area contributed by atoms with E-state index in [9.17, 15) is 13.4 Å². The Bertz CT molecular complexity index is 709. The Hall–Kier alpha value is -2.02. The highest BCUT2D eigenvalue weighted by Crippen LogP contribution is 2.31. The van der Waals surface area contributed by atoms with Gasteiger partial charge in [-0.05, 0) is 24.3 Å². The van der Waals surface area contributed by atoms with Gasteiger partial charge in [0.05, 0.1) is 22.9 Å². The third kappa shape index (κ3) is 2.24. The molecule has 0 unspecified atom stereocenters. The summed E-state index contributed by atoms with van der Waals surface area (Å²) in [5, 5.41) is 7.10. The molecule has 1 aromatic carbocycles. The van der Waals surface area contributed by atoms with Crippen molar-refractivity contribution < 1.29 is 13.4 Å². The zero-order valence-corrected chi connectivity index (χ0v) is 11.5. The van der Waals surface area contributed by atoms with Crippen molar-refractivity contribution in [3.8, 4) is 5.69 Å². The number of hydrogen-bond acceptors (Lipinski definition) is 3. The third-order valence-electron chi connectivity index (χ3n) is 3.04. The third-order valence-corrected chi connectivity index (χ3v) is 4.24. The first-order valence-corrected chi connectivity index (χ1v) is 7.52. The van der Waals surface area contributed by atoms with Crippen molar-refractivity contribution in [1.29, 1.82) is 0 Å². The van der Waals surface area contributed by atoms with Gasteiger partial charge < -0.3 is 5.32 Å². The summed E-state index contributed by atoms with van der Waals surface area (Å²) in [6.07, 6.45) is 0. The predicted octanol–water partition coefficient (Wildman–Crippen LogP) is 1.73. The van der Waals surface area contributed by atoms with Crippen LogP contribution >= 0.6 is 0 Å². The number of fused-ring (bicyclic) bond motifs is 1.